The molecular formula is C14H26N2O3. The predicted molar refractivity (Wildman–Crippen MR) is 73.3 cm³/mol. The highest BCUT2D eigenvalue weighted by Gasteiger charge is 2.48. The first-order valence-electron chi connectivity index (χ1n) is 7.28. The molecule has 2 fully saturated rings. The zero-order valence-electron chi connectivity index (χ0n) is 12.0. The van der Waals surface area contributed by atoms with Crippen molar-refractivity contribution >= 4 is 5.97 Å². The molecule has 0 aliphatic heterocycles. The summed E-state index contributed by atoms with van der Waals surface area (Å²) in [6.45, 7) is 1.74. The Balaban J connectivity index is 1.86. The van der Waals surface area contributed by atoms with Crippen molar-refractivity contribution < 1.29 is 14.6 Å². The number of aliphatic carboxylic acids is 1. The van der Waals surface area contributed by atoms with Crippen LogP contribution in [0.4, 0.5) is 0 Å². The summed E-state index contributed by atoms with van der Waals surface area (Å²) in [4.78, 5) is 13.9. The second-order valence-electron chi connectivity index (χ2n) is 6.03. The molecule has 2 aliphatic rings. The highest BCUT2D eigenvalue weighted by atomic mass is 16.5. The van der Waals surface area contributed by atoms with Gasteiger partial charge in [0.25, 0.3) is 0 Å². The molecule has 110 valence electrons. The molecule has 0 spiro atoms. The van der Waals surface area contributed by atoms with Crippen molar-refractivity contribution in [1.82, 2.24) is 10.2 Å². The summed E-state index contributed by atoms with van der Waals surface area (Å²) in [7, 11) is 3.81. The molecule has 0 bridgehead atoms. The van der Waals surface area contributed by atoms with Crippen molar-refractivity contribution in [3.05, 3.63) is 0 Å². The molecule has 2 unspecified atom stereocenters. The van der Waals surface area contributed by atoms with Crippen molar-refractivity contribution in [2.45, 2.75) is 56.1 Å². The van der Waals surface area contributed by atoms with Gasteiger partial charge in [-0.3, -0.25) is 10.1 Å². The summed E-state index contributed by atoms with van der Waals surface area (Å²) in [5, 5.41) is 12.9. The van der Waals surface area contributed by atoms with Gasteiger partial charge < -0.3 is 14.7 Å². The Morgan fingerprint density at radius 1 is 1.47 bits per heavy atom. The van der Waals surface area contributed by atoms with Gasteiger partial charge in [0.2, 0.25) is 0 Å². The van der Waals surface area contributed by atoms with Crippen LogP contribution in [0, 0.1) is 0 Å². The Morgan fingerprint density at radius 3 is 2.79 bits per heavy atom. The van der Waals surface area contributed by atoms with E-state index in [-0.39, 0.29) is 0 Å². The van der Waals surface area contributed by atoms with Gasteiger partial charge in [0.1, 0.15) is 5.54 Å². The summed E-state index contributed by atoms with van der Waals surface area (Å²) in [6, 6.07) is 0.813. The minimum absolute atomic E-state index is 0.374. The van der Waals surface area contributed by atoms with Gasteiger partial charge in [0, 0.05) is 32.3 Å². The fourth-order valence-electron chi connectivity index (χ4n) is 3.04. The van der Waals surface area contributed by atoms with Gasteiger partial charge in [-0.05, 0) is 45.6 Å². The molecule has 0 aromatic rings. The van der Waals surface area contributed by atoms with Crippen LogP contribution in [0.15, 0.2) is 0 Å². The molecule has 2 saturated carbocycles. The maximum absolute atomic E-state index is 11.6. The number of nitrogens with one attached hydrogen (secondary N) is 1. The Kier molecular flexibility index (Phi) is 4.81. The van der Waals surface area contributed by atoms with E-state index in [4.69, 9.17) is 4.74 Å². The number of nitrogens with zero attached hydrogens (tertiary/aromatic N) is 1. The molecule has 0 heterocycles. The monoisotopic (exact) mass is 270 g/mol. The van der Waals surface area contributed by atoms with Crippen molar-refractivity contribution in [2.75, 3.05) is 27.3 Å². The fraction of sp³-hybridized carbons (Fsp3) is 0.929. The van der Waals surface area contributed by atoms with E-state index < -0.39 is 11.5 Å². The third-order valence-corrected chi connectivity index (χ3v) is 4.44. The molecule has 0 saturated heterocycles. The van der Waals surface area contributed by atoms with Crippen LogP contribution < -0.4 is 5.32 Å². The van der Waals surface area contributed by atoms with Crippen LogP contribution in [0.25, 0.3) is 0 Å². The van der Waals surface area contributed by atoms with Gasteiger partial charge in [-0.25, -0.2) is 0 Å². The maximum Gasteiger partial charge on any atom is 0.323 e. The Bertz CT molecular complexity index is 320. The van der Waals surface area contributed by atoms with Gasteiger partial charge in [-0.2, -0.15) is 0 Å². The van der Waals surface area contributed by atoms with E-state index in [9.17, 15) is 9.90 Å². The Labute approximate surface area is 115 Å². The molecular weight excluding hydrogens is 244 g/mol. The highest BCUT2D eigenvalue weighted by Crippen LogP contribution is 2.36. The average Bonchev–Trinajstić information content (AvgIpc) is 3.06. The van der Waals surface area contributed by atoms with Crippen molar-refractivity contribution in [2.24, 2.45) is 0 Å². The summed E-state index contributed by atoms with van der Waals surface area (Å²) >= 11 is 0. The number of ether oxygens (including phenoxy) is 1. The Hall–Kier alpha value is -0.650. The highest BCUT2D eigenvalue weighted by molar-refractivity contribution is 5.79. The second-order valence-corrected chi connectivity index (χ2v) is 6.03. The van der Waals surface area contributed by atoms with Gasteiger partial charge in [0.15, 0.2) is 0 Å². The van der Waals surface area contributed by atoms with Crippen molar-refractivity contribution in [3.63, 3.8) is 0 Å². The summed E-state index contributed by atoms with van der Waals surface area (Å²) in [5.41, 5.74) is -0.679. The van der Waals surface area contributed by atoms with Gasteiger partial charge in [-0.1, -0.05) is 0 Å². The largest absolute Gasteiger partial charge is 0.480 e. The SMILES string of the molecule is COCCCN(C)C1CCC(NC2CC2)(C(=O)O)C1. The van der Waals surface area contributed by atoms with Gasteiger partial charge in [-0.15, -0.1) is 0 Å². The minimum Gasteiger partial charge on any atom is -0.480 e. The zero-order chi connectivity index (χ0) is 13.9. The quantitative estimate of drug-likeness (QED) is 0.646. The molecule has 0 aromatic carbocycles. The number of carboxylic acid groups (broad SMARTS) is 1. The second kappa shape index (κ2) is 6.20. The summed E-state index contributed by atoms with van der Waals surface area (Å²) in [5.74, 6) is -0.674. The minimum atomic E-state index is -0.679. The average molecular weight is 270 g/mol. The van der Waals surface area contributed by atoms with E-state index in [1.54, 1.807) is 7.11 Å². The first-order valence-corrected chi connectivity index (χ1v) is 7.28. The topological polar surface area (TPSA) is 61.8 Å². The summed E-state index contributed by atoms with van der Waals surface area (Å²) in [6.07, 6.45) is 5.70. The van der Waals surface area contributed by atoms with Crippen molar-refractivity contribution in [1.29, 1.82) is 0 Å². The van der Waals surface area contributed by atoms with E-state index in [0.29, 0.717) is 12.1 Å². The number of hydrogen-bond acceptors (Lipinski definition) is 4. The third kappa shape index (κ3) is 3.68. The number of methoxy groups -OCH3 is 1. The molecule has 0 aromatic heterocycles. The molecule has 2 rings (SSSR count). The van der Waals surface area contributed by atoms with Crippen LogP contribution in [0.2, 0.25) is 0 Å². The smallest absolute Gasteiger partial charge is 0.323 e. The molecule has 0 radical (unpaired) electrons. The van der Waals surface area contributed by atoms with Crippen LogP contribution >= 0.6 is 0 Å². The molecule has 2 N–H and O–H groups in total. The van der Waals surface area contributed by atoms with Crippen LogP contribution in [0.3, 0.4) is 0 Å². The van der Waals surface area contributed by atoms with Crippen LogP contribution in [0.5, 0.6) is 0 Å². The zero-order valence-corrected chi connectivity index (χ0v) is 12.0. The van der Waals surface area contributed by atoms with E-state index in [0.717, 1.165) is 51.7 Å². The number of carbonyl (C=O) groups is 1. The van der Waals surface area contributed by atoms with Crippen LogP contribution in [-0.4, -0.2) is 60.9 Å². The van der Waals surface area contributed by atoms with E-state index in [1.165, 1.54) is 0 Å². The molecule has 2 atom stereocenters. The number of rotatable bonds is 8. The molecule has 2 aliphatic carbocycles. The first-order chi connectivity index (χ1) is 9.07. The van der Waals surface area contributed by atoms with E-state index >= 15 is 0 Å². The Morgan fingerprint density at radius 2 is 2.21 bits per heavy atom. The lowest BCUT2D eigenvalue weighted by molar-refractivity contribution is -0.145. The summed E-state index contributed by atoms with van der Waals surface area (Å²) < 4.78 is 5.06. The van der Waals surface area contributed by atoms with Crippen molar-refractivity contribution in [3.8, 4) is 0 Å². The first kappa shape index (κ1) is 14.8. The normalized spacial score (nSPS) is 31.0. The number of hydrogen-bond donors (Lipinski definition) is 2. The van der Waals surface area contributed by atoms with E-state index in [1.807, 2.05) is 0 Å². The standard InChI is InChI=1S/C14H26N2O3/c1-16(8-3-9-19-2)12-6-7-14(10-12,13(17)18)15-11-4-5-11/h11-12,15H,3-10H2,1-2H3,(H,17,18). The van der Waals surface area contributed by atoms with Gasteiger partial charge >= 0.3 is 5.97 Å². The van der Waals surface area contributed by atoms with Gasteiger partial charge in [0.05, 0.1) is 0 Å². The predicted octanol–water partition coefficient (Wildman–Crippen LogP) is 1.08. The lowest BCUT2D eigenvalue weighted by atomic mass is 9.97. The lowest BCUT2D eigenvalue weighted by Crippen LogP contribution is -2.52. The molecule has 5 heteroatoms. The van der Waals surface area contributed by atoms with Crippen LogP contribution in [-0.2, 0) is 9.53 Å². The molecule has 0 amide bonds. The molecule has 5 nitrogen and oxygen atoms in total. The third-order valence-electron chi connectivity index (χ3n) is 4.44. The lowest BCUT2D eigenvalue weighted by Gasteiger charge is -2.29. The van der Waals surface area contributed by atoms with Crippen LogP contribution in [0.1, 0.15) is 38.5 Å². The number of carboxylic acids is 1. The fourth-order valence-corrected chi connectivity index (χ4v) is 3.04. The maximum atomic E-state index is 11.6. The van der Waals surface area contributed by atoms with E-state index in [2.05, 4.69) is 17.3 Å². The molecule has 19 heavy (non-hydrogen) atoms.